The lowest BCUT2D eigenvalue weighted by atomic mass is 9.84. The Bertz CT molecular complexity index is 581. The fourth-order valence-electron chi connectivity index (χ4n) is 2.54. The standard InChI is InChI=1S/C16H19NO5/c1-4-22-16(20)14-13(10(2)18)15(19)17(14)9-11-5-7-12(21-3)8-6-11/h5-8,13-14H,4,9H2,1-3H3. The van der Waals surface area contributed by atoms with Gasteiger partial charge in [-0.15, -0.1) is 0 Å². The van der Waals surface area contributed by atoms with Crippen LogP contribution >= 0.6 is 0 Å². The molecule has 1 aliphatic rings. The molecule has 6 nitrogen and oxygen atoms in total. The van der Waals surface area contributed by atoms with Gasteiger partial charge in [-0.05, 0) is 31.5 Å². The van der Waals surface area contributed by atoms with Crippen molar-refractivity contribution in [2.24, 2.45) is 5.92 Å². The number of carbonyl (C=O) groups excluding carboxylic acids is 3. The average molecular weight is 305 g/mol. The van der Waals surface area contributed by atoms with Crippen molar-refractivity contribution in [2.45, 2.75) is 26.4 Å². The number of likely N-dealkylation sites (tertiary alicyclic amines) is 1. The number of Topliss-reactive ketones (excluding diaryl/α,β-unsaturated/α-hetero) is 1. The van der Waals surface area contributed by atoms with Crippen molar-refractivity contribution < 1.29 is 23.9 Å². The number of amides is 1. The van der Waals surface area contributed by atoms with Gasteiger partial charge in [0.15, 0.2) is 0 Å². The van der Waals surface area contributed by atoms with Crippen molar-refractivity contribution in [3.63, 3.8) is 0 Å². The molecule has 2 rings (SSSR count). The molecular formula is C16H19NO5. The molecule has 0 aliphatic carbocycles. The Kier molecular flexibility index (Phi) is 4.80. The molecule has 1 amide bonds. The molecule has 1 heterocycles. The molecule has 118 valence electrons. The Balaban J connectivity index is 2.15. The molecule has 1 aromatic carbocycles. The molecule has 0 radical (unpaired) electrons. The van der Waals surface area contributed by atoms with Crippen molar-refractivity contribution in [3.05, 3.63) is 29.8 Å². The zero-order valence-corrected chi connectivity index (χ0v) is 12.9. The first kappa shape index (κ1) is 16.0. The first-order valence-electron chi connectivity index (χ1n) is 7.10. The molecule has 0 spiro atoms. The Morgan fingerprint density at radius 2 is 1.86 bits per heavy atom. The third-order valence-electron chi connectivity index (χ3n) is 3.68. The van der Waals surface area contributed by atoms with E-state index < -0.39 is 17.9 Å². The fourth-order valence-corrected chi connectivity index (χ4v) is 2.54. The number of ketones is 1. The smallest absolute Gasteiger partial charge is 0.330 e. The average Bonchev–Trinajstić information content (AvgIpc) is 2.50. The highest BCUT2D eigenvalue weighted by Crippen LogP contribution is 2.30. The van der Waals surface area contributed by atoms with Crippen molar-refractivity contribution in [3.8, 4) is 5.75 Å². The summed E-state index contributed by atoms with van der Waals surface area (Å²) in [5.74, 6) is -1.38. The minimum absolute atomic E-state index is 0.213. The van der Waals surface area contributed by atoms with E-state index in [1.165, 1.54) is 11.8 Å². The summed E-state index contributed by atoms with van der Waals surface area (Å²) in [4.78, 5) is 37.1. The van der Waals surface area contributed by atoms with Gasteiger partial charge in [-0.2, -0.15) is 0 Å². The number of ether oxygens (including phenoxy) is 2. The molecule has 0 saturated carbocycles. The van der Waals surface area contributed by atoms with Gasteiger partial charge in [0.2, 0.25) is 5.91 Å². The maximum Gasteiger partial charge on any atom is 0.330 e. The normalized spacial score (nSPS) is 20.3. The molecular weight excluding hydrogens is 286 g/mol. The summed E-state index contributed by atoms with van der Waals surface area (Å²) in [5.41, 5.74) is 0.852. The number of nitrogens with zero attached hydrogens (tertiary/aromatic N) is 1. The van der Waals surface area contributed by atoms with E-state index in [0.29, 0.717) is 5.75 Å². The van der Waals surface area contributed by atoms with Crippen LogP contribution in [-0.4, -0.2) is 42.3 Å². The van der Waals surface area contributed by atoms with E-state index in [1.54, 1.807) is 26.2 Å². The SMILES string of the molecule is CCOC(=O)C1C(C(C)=O)C(=O)N1Cc1ccc(OC)cc1. The largest absolute Gasteiger partial charge is 0.497 e. The van der Waals surface area contributed by atoms with Crippen LogP contribution in [-0.2, 0) is 25.7 Å². The molecule has 1 fully saturated rings. The van der Waals surface area contributed by atoms with Gasteiger partial charge in [0.1, 0.15) is 23.5 Å². The lowest BCUT2D eigenvalue weighted by molar-refractivity contribution is -0.177. The van der Waals surface area contributed by atoms with Crippen LogP contribution in [0.1, 0.15) is 19.4 Å². The number of methoxy groups -OCH3 is 1. The van der Waals surface area contributed by atoms with Crippen LogP contribution in [0.25, 0.3) is 0 Å². The highest BCUT2D eigenvalue weighted by molar-refractivity contribution is 6.11. The van der Waals surface area contributed by atoms with E-state index in [0.717, 1.165) is 5.56 Å². The zero-order chi connectivity index (χ0) is 16.3. The predicted octanol–water partition coefficient (Wildman–Crippen LogP) is 1.17. The van der Waals surface area contributed by atoms with E-state index in [1.807, 2.05) is 12.1 Å². The molecule has 2 unspecified atom stereocenters. The second-order valence-corrected chi connectivity index (χ2v) is 5.10. The molecule has 0 aromatic heterocycles. The Hall–Kier alpha value is -2.37. The van der Waals surface area contributed by atoms with E-state index in [-0.39, 0.29) is 24.8 Å². The molecule has 0 bridgehead atoms. The molecule has 1 aliphatic heterocycles. The van der Waals surface area contributed by atoms with Crippen LogP contribution in [0.4, 0.5) is 0 Å². The third-order valence-corrected chi connectivity index (χ3v) is 3.68. The summed E-state index contributed by atoms with van der Waals surface area (Å²) < 4.78 is 10.1. The van der Waals surface area contributed by atoms with Crippen molar-refractivity contribution >= 4 is 17.7 Å². The summed E-state index contributed by atoms with van der Waals surface area (Å²) in [5, 5.41) is 0. The summed E-state index contributed by atoms with van der Waals surface area (Å²) in [6, 6.07) is 6.36. The van der Waals surface area contributed by atoms with Crippen molar-refractivity contribution in [1.29, 1.82) is 0 Å². The van der Waals surface area contributed by atoms with Gasteiger partial charge in [0.05, 0.1) is 13.7 Å². The Morgan fingerprint density at radius 3 is 2.36 bits per heavy atom. The van der Waals surface area contributed by atoms with Gasteiger partial charge in [-0.25, -0.2) is 4.79 Å². The van der Waals surface area contributed by atoms with Crippen LogP contribution in [0.15, 0.2) is 24.3 Å². The zero-order valence-electron chi connectivity index (χ0n) is 12.9. The van der Waals surface area contributed by atoms with Crippen molar-refractivity contribution in [1.82, 2.24) is 4.90 Å². The predicted molar refractivity (Wildman–Crippen MR) is 78.1 cm³/mol. The molecule has 2 atom stereocenters. The minimum atomic E-state index is -0.919. The number of carbonyl (C=O) groups is 3. The molecule has 6 heteroatoms. The monoisotopic (exact) mass is 305 g/mol. The van der Waals surface area contributed by atoms with E-state index in [9.17, 15) is 14.4 Å². The van der Waals surface area contributed by atoms with Crippen LogP contribution < -0.4 is 4.74 Å². The van der Waals surface area contributed by atoms with Gasteiger partial charge in [0.25, 0.3) is 0 Å². The molecule has 0 N–H and O–H groups in total. The molecule has 1 saturated heterocycles. The van der Waals surface area contributed by atoms with Crippen molar-refractivity contribution in [2.75, 3.05) is 13.7 Å². The quantitative estimate of drug-likeness (QED) is 0.448. The lowest BCUT2D eigenvalue weighted by Crippen LogP contribution is -2.66. The Morgan fingerprint density at radius 1 is 1.23 bits per heavy atom. The van der Waals surface area contributed by atoms with Crippen LogP contribution in [0.2, 0.25) is 0 Å². The fraction of sp³-hybridized carbons (Fsp3) is 0.438. The first-order valence-corrected chi connectivity index (χ1v) is 7.10. The minimum Gasteiger partial charge on any atom is -0.497 e. The van der Waals surface area contributed by atoms with Gasteiger partial charge in [0, 0.05) is 6.54 Å². The number of benzene rings is 1. The number of rotatable bonds is 6. The summed E-state index contributed by atoms with van der Waals surface area (Å²) in [7, 11) is 1.57. The number of β-lactam (4-membered cyclic amide) rings is 1. The van der Waals surface area contributed by atoms with E-state index in [4.69, 9.17) is 9.47 Å². The maximum atomic E-state index is 12.1. The number of esters is 1. The maximum absolute atomic E-state index is 12.1. The third kappa shape index (κ3) is 2.95. The number of hydrogen-bond donors (Lipinski definition) is 0. The molecule has 1 aromatic rings. The Labute approximate surface area is 129 Å². The van der Waals surface area contributed by atoms with E-state index in [2.05, 4.69) is 0 Å². The number of hydrogen-bond acceptors (Lipinski definition) is 5. The van der Waals surface area contributed by atoms with Gasteiger partial charge in [-0.3, -0.25) is 9.59 Å². The summed E-state index contributed by atoms with van der Waals surface area (Å²) >= 11 is 0. The second kappa shape index (κ2) is 6.60. The van der Waals surface area contributed by atoms with Crippen LogP contribution in [0.3, 0.4) is 0 Å². The van der Waals surface area contributed by atoms with Crippen LogP contribution in [0.5, 0.6) is 5.75 Å². The lowest BCUT2D eigenvalue weighted by Gasteiger charge is -2.44. The first-order chi connectivity index (χ1) is 10.5. The molecule has 22 heavy (non-hydrogen) atoms. The highest BCUT2D eigenvalue weighted by Gasteiger charge is 2.54. The van der Waals surface area contributed by atoms with E-state index >= 15 is 0 Å². The summed E-state index contributed by atoms with van der Waals surface area (Å²) in [6.45, 7) is 3.48. The highest BCUT2D eigenvalue weighted by atomic mass is 16.5. The van der Waals surface area contributed by atoms with Gasteiger partial charge in [-0.1, -0.05) is 12.1 Å². The van der Waals surface area contributed by atoms with Gasteiger partial charge >= 0.3 is 5.97 Å². The summed E-state index contributed by atoms with van der Waals surface area (Å²) in [6.07, 6.45) is 0. The van der Waals surface area contributed by atoms with Crippen LogP contribution in [0, 0.1) is 5.92 Å². The topological polar surface area (TPSA) is 72.9 Å². The second-order valence-electron chi connectivity index (χ2n) is 5.10. The van der Waals surface area contributed by atoms with Gasteiger partial charge < -0.3 is 14.4 Å².